The van der Waals surface area contributed by atoms with Gasteiger partial charge < -0.3 is 14.4 Å². The summed E-state index contributed by atoms with van der Waals surface area (Å²) in [7, 11) is 0. The minimum absolute atomic E-state index is 0.125. The molecule has 2 aromatic rings. The van der Waals surface area contributed by atoms with E-state index in [4.69, 9.17) is 9.47 Å². The summed E-state index contributed by atoms with van der Waals surface area (Å²) >= 11 is 0. The van der Waals surface area contributed by atoms with E-state index in [0.29, 0.717) is 23.3 Å². The van der Waals surface area contributed by atoms with Crippen molar-refractivity contribution in [1.29, 1.82) is 0 Å². The predicted molar refractivity (Wildman–Crippen MR) is 105 cm³/mol. The lowest BCUT2D eigenvalue weighted by atomic mass is 9.88. The SMILES string of the molecule is C[C@@H]1C[C@H](C)CN(C(=O)COC(=O)C2c3ccccc3Oc3ccccc32)C1. The molecule has 2 heterocycles. The molecule has 2 atom stereocenters. The molecule has 0 bridgehead atoms. The monoisotopic (exact) mass is 379 g/mol. The number of ether oxygens (including phenoxy) is 2. The minimum Gasteiger partial charge on any atom is -0.457 e. The third kappa shape index (κ3) is 3.61. The quantitative estimate of drug-likeness (QED) is 0.757. The summed E-state index contributed by atoms with van der Waals surface area (Å²) in [5.74, 6) is 1.10. The van der Waals surface area contributed by atoms with Crippen LogP contribution in [0.1, 0.15) is 37.3 Å². The van der Waals surface area contributed by atoms with Gasteiger partial charge in [0.2, 0.25) is 0 Å². The summed E-state index contributed by atoms with van der Waals surface area (Å²) in [4.78, 5) is 27.4. The lowest BCUT2D eigenvalue weighted by molar-refractivity contribution is -0.153. The van der Waals surface area contributed by atoms with E-state index in [0.717, 1.165) is 30.6 Å². The molecule has 0 N–H and O–H groups in total. The summed E-state index contributed by atoms with van der Waals surface area (Å²) in [6.07, 6.45) is 1.12. The molecule has 5 nitrogen and oxygen atoms in total. The van der Waals surface area contributed by atoms with Gasteiger partial charge in [-0.1, -0.05) is 50.2 Å². The molecule has 0 radical (unpaired) electrons. The van der Waals surface area contributed by atoms with Crippen molar-refractivity contribution in [3.63, 3.8) is 0 Å². The molecule has 0 saturated carbocycles. The maximum Gasteiger partial charge on any atom is 0.318 e. The number of rotatable bonds is 3. The van der Waals surface area contributed by atoms with Crippen LogP contribution >= 0.6 is 0 Å². The number of para-hydroxylation sites is 2. The molecule has 28 heavy (non-hydrogen) atoms. The maximum atomic E-state index is 13.0. The first-order chi connectivity index (χ1) is 13.5. The van der Waals surface area contributed by atoms with Crippen molar-refractivity contribution in [2.75, 3.05) is 19.7 Å². The molecule has 2 aliphatic rings. The highest BCUT2D eigenvalue weighted by atomic mass is 16.5. The van der Waals surface area contributed by atoms with Gasteiger partial charge in [0, 0.05) is 24.2 Å². The zero-order valence-corrected chi connectivity index (χ0v) is 16.3. The summed E-state index contributed by atoms with van der Waals surface area (Å²) < 4.78 is 11.4. The molecule has 5 heteroatoms. The Bertz CT molecular complexity index is 838. The van der Waals surface area contributed by atoms with Crippen molar-refractivity contribution >= 4 is 11.9 Å². The largest absolute Gasteiger partial charge is 0.457 e. The topological polar surface area (TPSA) is 55.8 Å². The van der Waals surface area contributed by atoms with Gasteiger partial charge in [-0.05, 0) is 30.4 Å². The van der Waals surface area contributed by atoms with Gasteiger partial charge in [0.25, 0.3) is 5.91 Å². The average Bonchev–Trinajstić information content (AvgIpc) is 2.69. The molecule has 0 unspecified atom stereocenters. The normalized spacial score (nSPS) is 21.3. The maximum absolute atomic E-state index is 13.0. The summed E-state index contributed by atoms with van der Waals surface area (Å²) in [5, 5.41) is 0. The van der Waals surface area contributed by atoms with Gasteiger partial charge in [0.05, 0.1) is 0 Å². The lowest BCUT2D eigenvalue weighted by Gasteiger charge is -2.35. The Balaban J connectivity index is 1.50. The number of likely N-dealkylation sites (tertiary alicyclic amines) is 1. The second-order valence-electron chi connectivity index (χ2n) is 7.96. The van der Waals surface area contributed by atoms with E-state index in [-0.39, 0.29) is 12.5 Å². The molecule has 1 amide bonds. The molecule has 0 aromatic heterocycles. The van der Waals surface area contributed by atoms with Crippen molar-refractivity contribution in [2.45, 2.75) is 26.2 Å². The summed E-state index contributed by atoms with van der Waals surface area (Å²) in [6, 6.07) is 14.9. The Morgan fingerprint density at radius 1 is 0.964 bits per heavy atom. The Morgan fingerprint density at radius 3 is 2.07 bits per heavy atom. The zero-order chi connectivity index (χ0) is 19.7. The van der Waals surface area contributed by atoms with Gasteiger partial charge >= 0.3 is 5.97 Å². The third-order valence-electron chi connectivity index (χ3n) is 5.48. The number of hydrogen-bond donors (Lipinski definition) is 0. The van der Waals surface area contributed by atoms with Gasteiger partial charge in [0.1, 0.15) is 17.4 Å². The van der Waals surface area contributed by atoms with E-state index in [2.05, 4.69) is 13.8 Å². The van der Waals surface area contributed by atoms with Crippen LogP contribution in [0.5, 0.6) is 11.5 Å². The first-order valence-electron chi connectivity index (χ1n) is 9.83. The second-order valence-corrected chi connectivity index (χ2v) is 7.96. The highest BCUT2D eigenvalue weighted by Crippen LogP contribution is 2.44. The van der Waals surface area contributed by atoms with E-state index >= 15 is 0 Å². The molecule has 0 aliphatic carbocycles. The van der Waals surface area contributed by atoms with E-state index in [1.165, 1.54) is 0 Å². The highest BCUT2D eigenvalue weighted by Gasteiger charge is 2.34. The van der Waals surface area contributed by atoms with Crippen molar-refractivity contribution in [1.82, 2.24) is 4.90 Å². The number of amides is 1. The number of esters is 1. The van der Waals surface area contributed by atoms with Crippen LogP contribution in [0, 0.1) is 11.8 Å². The van der Waals surface area contributed by atoms with E-state index in [1.807, 2.05) is 53.4 Å². The van der Waals surface area contributed by atoms with Crippen LogP contribution in [0.4, 0.5) is 0 Å². The number of benzene rings is 2. The summed E-state index contributed by atoms with van der Waals surface area (Å²) in [5.41, 5.74) is 1.53. The van der Waals surface area contributed by atoms with Crippen LogP contribution in [0.3, 0.4) is 0 Å². The van der Waals surface area contributed by atoms with Crippen molar-refractivity contribution in [3.05, 3.63) is 59.7 Å². The van der Waals surface area contributed by atoms with Crippen LogP contribution < -0.4 is 4.74 Å². The highest BCUT2D eigenvalue weighted by molar-refractivity contribution is 5.87. The molecule has 1 saturated heterocycles. The van der Waals surface area contributed by atoms with Gasteiger partial charge in [-0.15, -0.1) is 0 Å². The first kappa shape index (κ1) is 18.5. The standard InChI is InChI=1S/C23H25NO4/c1-15-11-16(2)13-24(12-15)21(25)14-27-23(26)22-17-7-3-5-9-19(17)28-20-10-6-4-8-18(20)22/h3-10,15-16,22H,11-14H2,1-2H3/t15-,16+. The van der Waals surface area contributed by atoms with Gasteiger partial charge in [-0.3, -0.25) is 9.59 Å². The predicted octanol–water partition coefficient (Wildman–Crippen LogP) is 3.97. The molecular formula is C23H25NO4. The second kappa shape index (κ2) is 7.66. The zero-order valence-electron chi connectivity index (χ0n) is 16.3. The van der Waals surface area contributed by atoms with E-state index in [9.17, 15) is 9.59 Å². The first-order valence-corrected chi connectivity index (χ1v) is 9.83. The molecule has 146 valence electrons. The van der Waals surface area contributed by atoms with Crippen LogP contribution in [-0.2, 0) is 14.3 Å². The Morgan fingerprint density at radius 2 is 1.50 bits per heavy atom. The molecular weight excluding hydrogens is 354 g/mol. The fraction of sp³-hybridized carbons (Fsp3) is 0.391. The van der Waals surface area contributed by atoms with E-state index < -0.39 is 11.9 Å². The van der Waals surface area contributed by atoms with Gasteiger partial charge in [0.15, 0.2) is 6.61 Å². The number of hydrogen-bond acceptors (Lipinski definition) is 4. The number of piperidine rings is 1. The fourth-order valence-electron chi connectivity index (χ4n) is 4.34. The fourth-order valence-corrected chi connectivity index (χ4v) is 4.34. The number of carbonyl (C=O) groups is 2. The molecule has 2 aromatic carbocycles. The van der Waals surface area contributed by atoms with Crippen LogP contribution in [0.15, 0.2) is 48.5 Å². The van der Waals surface area contributed by atoms with Crippen molar-refractivity contribution in [2.24, 2.45) is 11.8 Å². The van der Waals surface area contributed by atoms with Gasteiger partial charge in [-0.25, -0.2) is 0 Å². The number of fused-ring (bicyclic) bond motifs is 2. The Hall–Kier alpha value is -2.82. The smallest absolute Gasteiger partial charge is 0.318 e. The molecule has 1 fully saturated rings. The van der Waals surface area contributed by atoms with Crippen LogP contribution in [0.25, 0.3) is 0 Å². The van der Waals surface area contributed by atoms with E-state index in [1.54, 1.807) is 0 Å². The molecule has 4 rings (SSSR count). The Kier molecular flexibility index (Phi) is 5.07. The van der Waals surface area contributed by atoms with Crippen LogP contribution in [0.2, 0.25) is 0 Å². The minimum atomic E-state index is -0.590. The van der Waals surface area contributed by atoms with Crippen molar-refractivity contribution < 1.29 is 19.1 Å². The lowest BCUT2D eigenvalue weighted by Crippen LogP contribution is -2.44. The Labute approximate surface area is 165 Å². The molecule has 0 spiro atoms. The number of carbonyl (C=O) groups excluding carboxylic acids is 2. The third-order valence-corrected chi connectivity index (χ3v) is 5.48. The summed E-state index contributed by atoms with van der Waals surface area (Å²) in [6.45, 7) is 5.53. The van der Waals surface area contributed by atoms with Crippen molar-refractivity contribution in [3.8, 4) is 11.5 Å². The number of nitrogens with zero attached hydrogens (tertiary/aromatic N) is 1. The molecule has 2 aliphatic heterocycles. The van der Waals surface area contributed by atoms with Crippen LogP contribution in [-0.4, -0.2) is 36.5 Å². The average molecular weight is 379 g/mol. The van der Waals surface area contributed by atoms with Gasteiger partial charge in [-0.2, -0.15) is 0 Å².